The lowest BCUT2D eigenvalue weighted by Crippen LogP contribution is -2.23. The molecule has 2 nitrogen and oxygen atoms in total. The molecule has 1 atom stereocenters. The maximum Gasteiger partial charge on any atom is 0.220 e. The van der Waals surface area contributed by atoms with Crippen molar-refractivity contribution in [2.75, 3.05) is 0 Å². The fourth-order valence-electron chi connectivity index (χ4n) is 0.984. The summed E-state index contributed by atoms with van der Waals surface area (Å²) in [5, 5.41) is 2.86. The summed E-state index contributed by atoms with van der Waals surface area (Å²) in [7, 11) is 0. The summed E-state index contributed by atoms with van der Waals surface area (Å²) in [6.07, 6.45) is 2.85. The number of carbonyl (C=O) groups excluding carboxylic acids is 1. The van der Waals surface area contributed by atoms with Gasteiger partial charge in [-0.25, -0.2) is 0 Å². The Bertz CT molecular complexity index is 105. The van der Waals surface area contributed by atoms with E-state index in [1.54, 1.807) is 0 Å². The van der Waals surface area contributed by atoms with E-state index >= 15 is 0 Å². The van der Waals surface area contributed by atoms with E-state index in [2.05, 4.69) is 12.2 Å². The van der Waals surface area contributed by atoms with Gasteiger partial charge >= 0.3 is 0 Å². The van der Waals surface area contributed by atoms with E-state index in [9.17, 15) is 4.79 Å². The predicted molar refractivity (Wildman–Crippen MR) is 41.8 cm³/mol. The van der Waals surface area contributed by atoms with E-state index in [0.29, 0.717) is 6.04 Å². The first-order valence-corrected chi connectivity index (χ1v) is 3.12. The molecule has 1 aliphatic rings. The van der Waals surface area contributed by atoms with Gasteiger partial charge in [-0.15, -0.1) is 0 Å². The van der Waals surface area contributed by atoms with Gasteiger partial charge in [-0.05, 0) is 12.8 Å². The van der Waals surface area contributed by atoms with Crippen LogP contribution >= 0.6 is 13.5 Å². The van der Waals surface area contributed by atoms with Gasteiger partial charge in [0.1, 0.15) is 0 Å². The summed E-state index contributed by atoms with van der Waals surface area (Å²) in [6, 6.07) is 0.475. The van der Waals surface area contributed by atoms with Gasteiger partial charge in [-0.3, -0.25) is 4.79 Å². The second-order valence-corrected chi connectivity index (χ2v) is 2.21. The van der Waals surface area contributed by atoms with Crippen LogP contribution in [0.5, 0.6) is 0 Å². The molecule has 0 aliphatic carbocycles. The predicted octanol–water partition coefficient (Wildman–Crippen LogP) is 0.788. The highest BCUT2D eigenvalue weighted by atomic mass is 32.1. The minimum Gasteiger partial charge on any atom is -0.353 e. The maximum absolute atomic E-state index is 10.5. The van der Waals surface area contributed by atoms with Crippen LogP contribution in [0.1, 0.15) is 26.2 Å². The summed E-state index contributed by atoms with van der Waals surface area (Å²) < 4.78 is 0. The Balaban J connectivity index is 0.000000640. The number of hydrogen-bond donors (Lipinski definition) is 1. The van der Waals surface area contributed by atoms with Crippen molar-refractivity contribution in [1.82, 2.24) is 5.32 Å². The average Bonchev–Trinajstić information content (AvgIpc) is 2.14. The van der Waals surface area contributed by atoms with E-state index in [0.717, 1.165) is 19.3 Å². The van der Waals surface area contributed by atoms with E-state index in [1.807, 2.05) is 0 Å². The Morgan fingerprint density at radius 2 is 2.44 bits per heavy atom. The molecule has 1 amide bonds. The molecule has 1 rings (SSSR count). The van der Waals surface area contributed by atoms with Crippen LogP contribution in [-0.2, 0) is 4.79 Å². The van der Waals surface area contributed by atoms with Crippen molar-refractivity contribution in [2.45, 2.75) is 32.2 Å². The lowest BCUT2D eigenvalue weighted by atomic mass is 10.2. The second-order valence-electron chi connectivity index (χ2n) is 2.21. The Kier molecular flexibility index (Phi) is 3.70. The van der Waals surface area contributed by atoms with Crippen LogP contribution in [-0.4, -0.2) is 11.9 Å². The molecule has 54 valence electrons. The molecule has 1 saturated heterocycles. The Morgan fingerprint density at radius 1 is 1.78 bits per heavy atom. The summed E-state index contributed by atoms with van der Waals surface area (Å²) in [4.78, 5) is 10.5. The maximum atomic E-state index is 10.5. The van der Waals surface area contributed by atoms with Gasteiger partial charge in [0.15, 0.2) is 0 Å². The fourth-order valence-corrected chi connectivity index (χ4v) is 0.984. The molecule has 0 spiro atoms. The van der Waals surface area contributed by atoms with Crippen LogP contribution in [0.4, 0.5) is 0 Å². The van der Waals surface area contributed by atoms with Crippen LogP contribution in [0.3, 0.4) is 0 Å². The number of carbonyl (C=O) groups is 1. The number of hydrogen-bond acceptors (Lipinski definition) is 1. The minimum atomic E-state index is 0. The highest BCUT2D eigenvalue weighted by Crippen LogP contribution is 2.08. The van der Waals surface area contributed by atoms with Crippen LogP contribution < -0.4 is 5.32 Å². The van der Waals surface area contributed by atoms with E-state index in [-0.39, 0.29) is 19.4 Å². The smallest absolute Gasteiger partial charge is 0.220 e. The summed E-state index contributed by atoms with van der Waals surface area (Å²) in [6.45, 7) is 2.09. The Labute approximate surface area is 62.5 Å². The van der Waals surface area contributed by atoms with Gasteiger partial charge in [-0.2, -0.15) is 13.5 Å². The summed E-state index contributed by atoms with van der Waals surface area (Å²) >= 11 is 0. The van der Waals surface area contributed by atoms with Gasteiger partial charge in [0.05, 0.1) is 0 Å². The molecule has 0 unspecified atom stereocenters. The topological polar surface area (TPSA) is 29.1 Å². The molecule has 1 fully saturated rings. The molecule has 0 aromatic rings. The van der Waals surface area contributed by atoms with Crippen LogP contribution in [0.2, 0.25) is 0 Å². The largest absolute Gasteiger partial charge is 0.353 e. The van der Waals surface area contributed by atoms with Crippen molar-refractivity contribution < 1.29 is 4.79 Å². The molecular weight excluding hydrogens is 134 g/mol. The van der Waals surface area contributed by atoms with Crippen molar-refractivity contribution in [2.24, 2.45) is 0 Å². The monoisotopic (exact) mass is 147 g/mol. The highest BCUT2D eigenvalue weighted by Gasteiger charge is 2.17. The Hall–Kier alpha value is -0.180. The molecular formula is C6H13NOS. The first-order valence-electron chi connectivity index (χ1n) is 3.12. The van der Waals surface area contributed by atoms with Crippen molar-refractivity contribution in [3.63, 3.8) is 0 Å². The second kappa shape index (κ2) is 3.77. The van der Waals surface area contributed by atoms with Crippen molar-refractivity contribution in [1.29, 1.82) is 0 Å². The third kappa shape index (κ3) is 2.26. The fraction of sp³-hybridized carbons (Fsp3) is 0.833. The first kappa shape index (κ1) is 8.82. The molecule has 0 aromatic heterocycles. The van der Waals surface area contributed by atoms with Crippen LogP contribution in [0, 0.1) is 0 Å². The molecule has 1 aliphatic heterocycles. The molecule has 3 heteroatoms. The zero-order valence-corrected chi connectivity index (χ0v) is 6.61. The molecule has 1 N–H and O–H groups in total. The third-order valence-corrected chi connectivity index (χ3v) is 1.58. The first-order chi connectivity index (χ1) is 3.83. The lowest BCUT2D eigenvalue weighted by Gasteiger charge is -2.02. The lowest BCUT2D eigenvalue weighted by molar-refractivity contribution is -0.119. The van der Waals surface area contributed by atoms with E-state index in [1.165, 1.54) is 0 Å². The molecule has 1 heterocycles. The molecule has 0 bridgehead atoms. The Morgan fingerprint density at radius 3 is 2.67 bits per heavy atom. The van der Waals surface area contributed by atoms with Gasteiger partial charge in [0, 0.05) is 12.5 Å². The van der Waals surface area contributed by atoms with Crippen molar-refractivity contribution in [3.8, 4) is 0 Å². The van der Waals surface area contributed by atoms with Crippen LogP contribution in [0.25, 0.3) is 0 Å². The van der Waals surface area contributed by atoms with Crippen molar-refractivity contribution in [3.05, 3.63) is 0 Å². The van der Waals surface area contributed by atoms with E-state index in [4.69, 9.17) is 0 Å². The normalized spacial score (nSPS) is 25.0. The standard InChI is InChI=1S/C6H11NO.H2S/c1-2-5-3-4-6(8)7-5;/h5H,2-4H2,1H3,(H,7,8);1H2/t5-;/m1./s1. The number of rotatable bonds is 1. The molecule has 0 radical (unpaired) electrons. The van der Waals surface area contributed by atoms with Crippen molar-refractivity contribution >= 4 is 19.4 Å². The van der Waals surface area contributed by atoms with Crippen LogP contribution in [0.15, 0.2) is 0 Å². The van der Waals surface area contributed by atoms with Gasteiger partial charge in [0.2, 0.25) is 5.91 Å². The third-order valence-electron chi connectivity index (χ3n) is 1.58. The van der Waals surface area contributed by atoms with E-state index < -0.39 is 0 Å². The highest BCUT2D eigenvalue weighted by molar-refractivity contribution is 7.59. The minimum absolute atomic E-state index is 0. The molecule has 9 heavy (non-hydrogen) atoms. The zero-order chi connectivity index (χ0) is 5.98. The number of nitrogens with one attached hydrogen (secondary N) is 1. The zero-order valence-electron chi connectivity index (χ0n) is 5.61. The quantitative estimate of drug-likeness (QED) is 0.583. The molecule has 0 saturated carbocycles. The van der Waals surface area contributed by atoms with Gasteiger partial charge < -0.3 is 5.32 Å². The average molecular weight is 147 g/mol. The number of amides is 1. The SMILES string of the molecule is CC[C@@H]1CCC(=O)N1.S. The van der Waals surface area contributed by atoms with Gasteiger partial charge in [-0.1, -0.05) is 6.92 Å². The summed E-state index contributed by atoms with van der Waals surface area (Å²) in [5.74, 6) is 0.219. The van der Waals surface area contributed by atoms with Gasteiger partial charge in [0.25, 0.3) is 0 Å². The summed E-state index contributed by atoms with van der Waals surface area (Å²) in [5.41, 5.74) is 0. The molecule has 0 aromatic carbocycles.